The maximum absolute atomic E-state index is 5.92. The van der Waals surface area contributed by atoms with Gasteiger partial charge in [-0.2, -0.15) is 0 Å². The number of pyridine rings is 1. The molecule has 2 aromatic heterocycles. The molecule has 0 radical (unpaired) electrons. The van der Waals surface area contributed by atoms with Crippen molar-refractivity contribution >= 4 is 0 Å². The number of hydrogen-bond acceptors (Lipinski definition) is 6. The molecule has 6 heteroatoms. The summed E-state index contributed by atoms with van der Waals surface area (Å²) in [4.78, 5) is 15.1. The molecule has 0 aromatic carbocycles. The molecule has 2 aliphatic heterocycles. The summed E-state index contributed by atoms with van der Waals surface area (Å²) in [6.45, 7) is 5.53. The van der Waals surface area contributed by atoms with E-state index in [0.717, 1.165) is 39.3 Å². The summed E-state index contributed by atoms with van der Waals surface area (Å²) < 4.78 is 11.7. The second kappa shape index (κ2) is 8.10. The number of nitrogens with zero attached hydrogens (tertiary/aromatic N) is 4. The summed E-state index contributed by atoms with van der Waals surface area (Å²) >= 11 is 0. The zero-order valence-electron chi connectivity index (χ0n) is 15.1. The fourth-order valence-corrected chi connectivity index (χ4v) is 4.22. The van der Waals surface area contributed by atoms with E-state index in [4.69, 9.17) is 9.47 Å². The van der Waals surface area contributed by atoms with E-state index in [1.54, 1.807) is 18.6 Å². The molecule has 1 spiro atoms. The van der Waals surface area contributed by atoms with Crippen molar-refractivity contribution in [2.75, 3.05) is 32.9 Å². The summed E-state index contributed by atoms with van der Waals surface area (Å²) in [5.74, 6) is 1.01. The third-order valence-electron chi connectivity index (χ3n) is 5.88. The molecule has 0 aliphatic carbocycles. The molecule has 2 aromatic rings. The van der Waals surface area contributed by atoms with Crippen LogP contribution >= 0.6 is 0 Å². The SMILES string of the molecule is c1cncc(CN2CCC3(CCOCC3COc3cnccn3)CC2)c1. The predicted octanol–water partition coefficient (Wildman–Crippen LogP) is 2.57. The fourth-order valence-electron chi connectivity index (χ4n) is 4.22. The predicted molar refractivity (Wildman–Crippen MR) is 97.6 cm³/mol. The number of likely N-dealkylation sites (tertiary alicyclic amines) is 1. The average molecular weight is 354 g/mol. The lowest BCUT2D eigenvalue weighted by molar-refractivity contribution is -0.0867. The lowest BCUT2D eigenvalue weighted by Gasteiger charge is -2.48. The fraction of sp³-hybridized carbons (Fsp3) is 0.550. The molecule has 2 fully saturated rings. The van der Waals surface area contributed by atoms with Crippen LogP contribution in [0.1, 0.15) is 24.8 Å². The normalized spacial score (nSPS) is 23.0. The first-order chi connectivity index (χ1) is 12.8. The Labute approximate surface area is 154 Å². The van der Waals surface area contributed by atoms with E-state index in [1.807, 2.05) is 18.5 Å². The topological polar surface area (TPSA) is 60.4 Å². The smallest absolute Gasteiger partial charge is 0.232 e. The van der Waals surface area contributed by atoms with Gasteiger partial charge in [0.1, 0.15) is 0 Å². The van der Waals surface area contributed by atoms with Gasteiger partial charge in [0.15, 0.2) is 0 Å². The van der Waals surface area contributed by atoms with Crippen LogP contribution in [-0.4, -0.2) is 52.8 Å². The van der Waals surface area contributed by atoms with Gasteiger partial charge in [-0.15, -0.1) is 0 Å². The maximum atomic E-state index is 5.92. The zero-order chi connectivity index (χ0) is 17.7. The molecule has 138 valence electrons. The van der Waals surface area contributed by atoms with Crippen LogP contribution < -0.4 is 4.74 Å². The quantitative estimate of drug-likeness (QED) is 0.822. The number of ether oxygens (including phenoxy) is 2. The first-order valence-corrected chi connectivity index (χ1v) is 9.42. The largest absolute Gasteiger partial charge is 0.476 e. The minimum Gasteiger partial charge on any atom is -0.476 e. The van der Waals surface area contributed by atoms with Gasteiger partial charge in [-0.3, -0.25) is 14.9 Å². The molecule has 0 bridgehead atoms. The highest BCUT2D eigenvalue weighted by molar-refractivity contribution is 5.09. The molecular weight excluding hydrogens is 328 g/mol. The van der Waals surface area contributed by atoms with Gasteiger partial charge in [-0.1, -0.05) is 6.07 Å². The molecule has 1 unspecified atom stereocenters. The highest BCUT2D eigenvalue weighted by Gasteiger charge is 2.43. The third-order valence-corrected chi connectivity index (χ3v) is 5.88. The van der Waals surface area contributed by atoms with Gasteiger partial charge < -0.3 is 9.47 Å². The van der Waals surface area contributed by atoms with Crippen LogP contribution in [0.5, 0.6) is 5.88 Å². The zero-order valence-corrected chi connectivity index (χ0v) is 15.1. The number of piperidine rings is 1. The standard InChI is InChI=1S/C20H26N4O2/c1-2-17(12-21-6-1)14-24-9-3-20(4-10-24)5-11-25-15-18(20)16-26-19-13-22-7-8-23-19/h1-2,6-8,12-13,18H,3-5,9-11,14-16H2. The Morgan fingerprint density at radius 2 is 2.00 bits per heavy atom. The van der Waals surface area contributed by atoms with Crippen molar-refractivity contribution in [1.29, 1.82) is 0 Å². The third kappa shape index (κ3) is 4.02. The molecule has 0 N–H and O–H groups in total. The lowest BCUT2D eigenvalue weighted by atomic mass is 9.66. The molecule has 6 nitrogen and oxygen atoms in total. The van der Waals surface area contributed by atoms with Crippen molar-refractivity contribution in [3.8, 4) is 5.88 Å². The van der Waals surface area contributed by atoms with Crippen molar-refractivity contribution in [3.05, 3.63) is 48.7 Å². The minimum absolute atomic E-state index is 0.325. The van der Waals surface area contributed by atoms with Gasteiger partial charge >= 0.3 is 0 Å². The van der Waals surface area contributed by atoms with Crippen molar-refractivity contribution in [2.45, 2.75) is 25.8 Å². The summed E-state index contributed by atoms with van der Waals surface area (Å²) in [5, 5.41) is 0. The van der Waals surface area contributed by atoms with Gasteiger partial charge in [-0.05, 0) is 49.4 Å². The molecular formula is C20H26N4O2. The summed E-state index contributed by atoms with van der Waals surface area (Å²) in [5.41, 5.74) is 1.62. The first-order valence-electron chi connectivity index (χ1n) is 9.42. The van der Waals surface area contributed by atoms with Gasteiger partial charge in [0.05, 0.1) is 19.4 Å². The van der Waals surface area contributed by atoms with Crippen LogP contribution in [0.15, 0.2) is 43.1 Å². The number of aromatic nitrogens is 3. The second-order valence-corrected chi connectivity index (χ2v) is 7.38. The molecule has 0 saturated carbocycles. The highest BCUT2D eigenvalue weighted by Crippen LogP contribution is 2.45. The van der Waals surface area contributed by atoms with Crippen LogP contribution in [0, 0.1) is 11.3 Å². The highest BCUT2D eigenvalue weighted by atomic mass is 16.5. The number of hydrogen-bond donors (Lipinski definition) is 0. The van der Waals surface area contributed by atoms with Crippen molar-refractivity contribution in [2.24, 2.45) is 11.3 Å². The molecule has 4 rings (SSSR count). The Balaban J connectivity index is 1.35. The lowest BCUT2D eigenvalue weighted by Crippen LogP contribution is -2.49. The number of rotatable bonds is 5. The van der Waals surface area contributed by atoms with Crippen LogP contribution in [0.2, 0.25) is 0 Å². The van der Waals surface area contributed by atoms with Crippen LogP contribution in [-0.2, 0) is 11.3 Å². The van der Waals surface area contributed by atoms with Crippen molar-refractivity contribution in [3.63, 3.8) is 0 Å². The molecule has 2 saturated heterocycles. The van der Waals surface area contributed by atoms with E-state index in [0.29, 0.717) is 23.8 Å². The molecule has 26 heavy (non-hydrogen) atoms. The monoisotopic (exact) mass is 354 g/mol. The van der Waals surface area contributed by atoms with Crippen molar-refractivity contribution < 1.29 is 9.47 Å². The molecule has 0 amide bonds. The maximum Gasteiger partial charge on any atom is 0.232 e. The van der Waals surface area contributed by atoms with Crippen molar-refractivity contribution in [1.82, 2.24) is 19.9 Å². The second-order valence-electron chi connectivity index (χ2n) is 7.38. The molecule has 2 aliphatic rings. The Kier molecular flexibility index (Phi) is 5.41. The Morgan fingerprint density at radius 1 is 1.12 bits per heavy atom. The Hall–Kier alpha value is -2.05. The summed E-state index contributed by atoms with van der Waals surface area (Å²) in [7, 11) is 0. The summed E-state index contributed by atoms with van der Waals surface area (Å²) in [6, 6.07) is 4.17. The van der Waals surface area contributed by atoms with E-state index >= 15 is 0 Å². The molecule has 4 heterocycles. The van der Waals surface area contributed by atoms with Crippen LogP contribution in [0.4, 0.5) is 0 Å². The van der Waals surface area contributed by atoms with Gasteiger partial charge in [0.25, 0.3) is 0 Å². The van der Waals surface area contributed by atoms with E-state index in [-0.39, 0.29) is 0 Å². The molecule has 1 atom stereocenters. The van der Waals surface area contributed by atoms with E-state index < -0.39 is 0 Å². The first kappa shape index (κ1) is 17.4. The van der Waals surface area contributed by atoms with Crippen LogP contribution in [0.25, 0.3) is 0 Å². The van der Waals surface area contributed by atoms with Gasteiger partial charge in [0.2, 0.25) is 5.88 Å². The Bertz CT molecular complexity index is 675. The Morgan fingerprint density at radius 3 is 2.77 bits per heavy atom. The van der Waals surface area contributed by atoms with E-state index in [1.165, 1.54) is 18.4 Å². The summed E-state index contributed by atoms with van der Waals surface area (Å²) in [6.07, 6.45) is 12.3. The minimum atomic E-state index is 0.325. The average Bonchev–Trinajstić information content (AvgIpc) is 2.71. The van der Waals surface area contributed by atoms with E-state index in [2.05, 4.69) is 25.9 Å². The van der Waals surface area contributed by atoms with E-state index in [9.17, 15) is 0 Å². The van der Waals surface area contributed by atoms with Gasteiger partial charge in [-0.25, -0.2) is 4.98 Å². The van der Waals surface area contributed by atoms with Crippen LogP contribution in [0.3, 0.4) is 0 Å². The van der Waals surface area contributed by atoms with Gasteiger partial charge in [0, 0.05) is 43.9 Å².